The molecular formula is C60H96O26. The molecule has 4 aliphatic heterocycles. The summed E-state index contributed by atoms with van der Waals surface area (Å²) in [5.41, 5.74) is -3.95. The number of esters is 1. The van der Waals surface area contributed by atoms with Crippen LogP contribution in [0.25, 0.3) is 0 Å². The van der Waals surface area contributed by atoms with Crippen LogP contribution < -0.4 is 0 Å². The molecule has 0 aromatic rings. The lowest BCUT2D eigenvalue weighted by molar-refractivity contribution is -0.406. The first kappa shape index (κ1) is 67.9. The fourth-order valence-corrected chi connectivity index (χ4v) is 17.5. The van der Waals surface area contributed by atoms with Crippen LogP contribution in [0.1, 0.15) is 120 Å². The fourth-order valence-electron chi connectivity index (χ4n) is 17.5. The van der Waals surface area contributed by atoms with Gasteiger partial charge in [-0.05, 0) is 97.7 Å². The molecule has 0 aromatic heterocycles. The number of carboxylic acids is 1. The molecular weight excluding hydrogens is 1140 g/mol. The lowest BCUT2D eigenvalue weighted by atomic mass is 9.32. The molecule has 492 valence electrons. The van der Waals surface area contributed by atoms with Crippen LogP contribution in [0.15, 0.2) is 23.8 Å². The van der Waals surface area contributed by atoms with Gasteiger partial charge in [-0.3, -0.25) is 0 Å². The van der Waals surface area contributed by atoms with E-state index in [0.29, 0.717) is 44.9 Å². The Morgan fingerprint density at radius 1 is 0.616 bits per heavy atom. The zero-order chi connectivity index (χ0) is 63.3. The molecule has 0 amide bonds. The Balaban J connectivity index is 1.05. The van der Waals surface area contributed by atoms with E-state index in [1.165, 1.54) is 13.0 Å². The van der Waals surface area contributed by atoms with Crippen molar-refractivity contribution in [3.8, 4) is 0 Å². The minimum atomic E-state index is -2.29. The summed E-state index contributed by atoms with van der Waals surface area (Å²) in [5, 5.41) is 168. The second-order valence-electron chi connectivity index (χ2n) is 28.2. The number of rotatable bonds is 16. The molecule has 4 saturated carbocycles. The summed E-state index contributed by atoms with van der Waals surface area (Å²) in [6, 6.07) is 0. The SMILES string of the molecule is CCC/C=C\C(=O)O[C@H]1CC(C)(C)C[C@H]2C3=CC[C@@H]4[C@@]5(C)CC[C@H](O[C@@H]6O[C@H](C(=O)O)[C@@H](O)[C@H](O[C@@H]7O[C@H](CO)[C@H](O)[C@H](O)[C@H]7O[C@@H]7O[C@@H](C)[C@H](O)[C@@H](O)[C@H]7O)[C@H]6O[C@@H]6O[C@H](CO)[C@@H](O)[C@H](O)[C@H]6O)C(C)(C)[C@@H]5CC[C@@]4(C)[C@]3(C)[C@@H](O)[C@@H](O)[C@@]12CO. The Morgan fingerprint density at radius 2 is 1.20 bits per heavy atom. The predicted octanol–water partition coefficient (Wildman–Crippen LogP) is -1.62. The molecule has 8 fully saturated rings. The summed E-state index contributed by atoms with van der Waals surface area (Å²) < 4.78 is 55.3. The number of ether oxygens (including phenoxy) is 9. The highest BCUT2D eigenvalue weighted by Gasteiger charge is 2.75. The van der Waals surface area contributed by atoms with Crippen molar-refractivity contribution >= 4 is 11.9 Å². The normalized spacial score (nSPS) is 51.8. The molecule has 9 aliphatic rings. The van der Waals surface area contributed by atoms with Gasteiger partial charge in [-0.1, -0.05) is 79.5 Å². The van der Waals surface area contributed by atoms with Crippen LogP contribution in [0.4, 0.5) is 0 Å². The summed E-state index contributed by atoms with van der Waals surface area (Å²) in [4.78, 5) is 26.6. The fraction of sp³-hybridized carbons (Fsp3) is 0.900. The van der Waals surface area contributed by atoms with Crippen molar-refractivity contribution < 1.29 is 129 Å². The summed E-state index contributed by atoms with van der Waals surface area (Å²) in [6.07, 6.45) is -32.6. The third-order valence-electron chi connectivity index (χ3n) is 22.6. The second kappa shape index (κ2) is 25.2. The molecule has 0 radical (unpaired) electrons. The van der Waals surface area contributed by atoms with E-state index < -0.39 is 217 Å². The molecule has 0 bridgehead atoms. The van der Waals surface area contributed by atoms with Gasteiger partial charge in [0.25, 0.3) is 0 Å². The van der Waals surface area contributed by atoms with Crippen molar-refractivity contribution in [2.45, 2.75) is 267 Å². The smallest absolute Gasteiger partial charge is 0.335 e. The number of unbranched alkanes of at least 4 members (excludes halogenated alkanes) is 1. The van der Waals surface area contributed by atoms with Crippen LogP contribution in [-0.4, -0.2) is 256 Å². The molecule has 0 aromatic carbocycles. The van der Waals surface area contributed by atoms with E-state index in [1.54, 1.807) is 6.08 Å². The lowest BCUT2D eigenvalue weighted by Crippen LogP contribution is -2.74. The van der Waals surface area contributed by atoms with Gasteiger partial charge in [-0.15, -0.1) is 0 Å². The summed E-state index contributed by atoms with van der Waals surface area (Å²) in [6.45, 7) is 15.5. The molecule has 4 heterocycles. The quantitative estimate of drug-likeness (QED) is 0.0357. The van der Waals surface area contributed by atoms with E-state index in [4.69, 9.17) is 42.6 Å². The largest absolute Gasteiger partial charge is 0.479 e. The van der Waals surface area contributed by atoms with Crippen LogP contribution in [0.3, 0.4) is 0 Å². The molecule has 0 spiro atoms. The topological polar surface area (TPSA) is 421 Å². The van der Waals surface area contributed by atoms with Gasteiger partial charge in [-0.2, -0.15) is 0 Å². The van der Waals surface area contributed by atoms with E-state index >= 15 is 0 Å². The summed E-state index contributed by atoms with van der Waals surface area (Å²) >= 11 is 0. The van der Waals surface area contributed by atoms with Gasteiger partial charge in [0.2, 0.25) is 0 Å². The van der Waals surface area contributed by atoms with E-state index in [9.17, 15) is 86.2 Å². The maximum Gasteiger partial charge on any atom is 0.335 e. The summed E-state index contributed by atoms with van der Waals surface area (Å²) in [7, 11) is 0. The molecule has 26 heteroatoms. The molecule has 15 N–H and O–H groups in total. The van der Waals surface area contributed by atoms with Crippen LogP contribution in [0.5, 0.6) is 0 Å². The highest BCUT2D eigenvalue weighted by molar-refractivity contribution is 5.82. The molecule has 0 unspecified atom stereocenters. The lowest BCUT2D eigenvalue weighted by Gasteiger charge is -2.73. The van der Waals surface area contributed by atoms with E-state index in [-0.39, 0.29) is 18.3 Å². The first-order valence-electron chi connectivity index (χ1n) is 30.6. The number of fused-ring (bicyclic) bond motifs is 7. The third-order valence-corrected chi connectivity index (χ3v) is 22.6. The van der Waals surface area contributed by atoms with E-state index in [1.807, 2.05) is 27.7 Å². The maximum atomic E-state index is 13.4. The highest BCUT2D eigenvalue weighted by atomic mass is 16.8. The zero-order valence-corrected chi connectivity index (χ0v) is 50.5. The first-order valence-corrected chi connectivity index (χ1v) is 30.6. The molecule has 26 nitrogen and oxygen atoms in total. The van der Waals surface area contributed by atoms with Gasteiger partial charge >= 0.3 is 11.9 Å². The molecule has 9 rings (SSSR count). The van der Waals surface area contributed by atoms with Crippen molar-refractivity contribution in [3.63, 3.8) is 0 Å². The molecule has 86 heavy (non-hydrogen) atoms. The van der Waals surface area contributed by atoms with E-state index in [0.717, 1.165) is 12.0 Å². The van der Waals surface area contributed by atoms with Gasteiger partial charge in [0.1, 0.15) is 91.6 Å². The van der Waals surface area contributed by atoms with Crippen LogP contribution >= 0.6 is 0 Å². The third kappa shape index (κ3) is 11.2. The van der Waals surface area contributed by atoms with Crippen molar-refractivity contribution in [2.24, 2.45) is 50.2 Å². The average Bonchev–Trinajstić information content (AvgIpc) is 0.674. The minimum absolute atomic E-state index is 0.128. The van der Waals surface area contributed by atoms with Crippen LogP contribution in [-0.2, 0) is 52.2 Å². The standard InChI is InChI=1S/C60H96O26/c1-10-11-12-13-34(64)81-33-21-55(3,4)20-27-26-14-15-31-57(7)18-17-32(56(5,6)30(57)16-19-58(31,8)59(26,9)48(74)49(75)60(27,33)24-63)82-54-47(86-52-42(72)39(69)36(66)28(22-61)79-52)44(43(73)45(84-54)50(76)77)83-53-46(40(70)37(67)29(23-62)80-53)85-51-41(71)38(68)35(65)25(2)78-51/h12-14,25,27-33,35-49,51-54,61-63,65-75H,10-11,15-24H2,1-9H3,(H,76,77)/b13-12-/t25-,27-,28+,29+,30-,31+,32-,33-,35-,36+,37-,38+,39-,40-,41+,42+,43-,44-,45-,46+,47+,48-,49+,51-,52-,53-,54+,57-,58+,59-,60+/m0/s1. The molecule has 5 aliphatic carbocycles. The maximum absolute atomic E-state index is 13.4. The highest BCUT2D eigenvalue weighted by Crippen LogP contribution is 2.76. The van der Waals surface area contributed by atoms with Gasteiger partial charge in [0, 0.05) is 11.5 Å². The Labute approximate surface area is 500 Å². The Kier molecular flexibility index (Phi) is 19.9. The number of carbonyl (C=O) groups excluding carboxylic acids is 1. The second-order valence-corrected chi connectivity index (χ2v) is 28.2. The number of carbonyl (C=O) groups is 2. The molecule has 31 atom stereocenters. The van der Waals surface area contributed by atoms with Gasteiger partial charge in [0.15, 0.2) is 31.3 Å². The van der Waals surface area contributed by atoms with Crippen molar-refractivity contribution in [3.05, 3.63) is 23.8 Å². The van der Waals surface area contributed by atoms with Crippen LogP contribution in [0.2, 0.25) is 0 Å². The average molecular weight is 1230 g/mol. The summed E-state index contributed by atoms with van der Waals surface area (Å²) in [5.74, 6) is -3.09. The number of hydrogen-bond donors (Lipinski definition) is 15. The number of hydrogen-bond acceptors (Lipinski definition) is 25. The van der Waals surface area contributed by atoms with Crippen LogP contribution in [0, 0.1) is 50.2 Å². The van der Waals surface area contributed by atoms with Gasteiger partial charge in [-0.25, -0.2) is 9.59 Å². The minimum Gasteiger partial charge on any atom is -0.479 e. The number of aliphatic hydroxyl groups is 14. The monoisotopic (exact) mass is 1230 g/mol. The zero-order valence-electron chi connectivity index (χ0n) is 50.5. The predicted molar refractivity (Wildman–Crippen MR) is 294 cm³/mol. The van der Waals surface area contributed by atoms with Gasteiger partial charge < -0.3 is 119 Å². The Bertz CT molecular complexity index is 2440. The van der Waals surface area contributed by atoms with Crippen molar-refractivity contribution in [1.29, 1.82) is 0 Å². The number of allylic oxidation sites excluding steroid dienone is 2. The van der Waals surface area contributed by atoms with Gasteiger partial charge in [0.05, 0.1) is 49.7 Å². The first-order chi connectivity index (χ1) is 40.2. The number of aliphatic carboxylic acids is 1. The van der Waals surface area contributed by atoms with Crippen molar-refractivity contribution in [1.82, 2.24) is 0 Å². The Hall–Kier alpha value is -2.46. The van der Waals surface area contributed by atoms with E-state index in [2.05, 4.69) is 33.8 Å². The van der Waals surface area contributed by atoms with Crippen molar-refractivity contribution in [2.75, 3.05) is 19.8 Å². The Morgan fingerprint density at radius 3 is 1.81 bits per heavy atom. The number of aliphatic hydroxyl groups excluding tert-OH is 14. The molecule has 4 saturated heterocycles. The number of carboxylic acid groups (broad SMARTS) is 1.